The molecule has 0 bridgehead atoms. The van der Waals surface area contributed by atoms with Crippen molar-refractivity contribution < 1.29 is 23.1 Å². The van der Waals surface area contributed by atoms with Gasteiger partial charge in [0.05, 0.1) is 24.7 Å². The molecule has 1 aliphatic heterocycles. The van der Waals surface area contributed by atoms with Crippen LogP contribution in [0.5, 0.6) is 0 Å². The molecule has 0 radical (unpaired) electrons. The van der Waals surface area contributed by atoms with E-state index in [0.717, 1.165) is 0 Å². The lowest BCUT2D eigenvalue weighted by Gasteiger charge is -2.33. The van der Waals surface area contributed by atoms with Gasteiger partial charge in [-0.2, -0.15) is 9.40 Å². The lowest BCUT2D eigenvalue weighted by Crippen LogP contribution is -2.50. The van der Waals surface area contributed by atoms with Crippen LogP contribution < -0.4 is 0 Å². The van der Waals surface area contributed by atoms with Gasteiger partial charge in [-0.25, -0.2) is 8.42 Å². The van der Waals surface area contributed by atoms with E-state index in [-0.39, 0.29) is 32.0 Å². The van der Waals surface area contributed by atoms with Crippen molar-refractivity contribution in [1.82, 2.24) is 19.0 Å². The second-order valence-corrected chi connectivity index (χ2v) is 8.88. The Kier molecular flexibility index (Phi) is 5.39. The zero-order valence-electron chi connectivity index (χ0n) is 13.8. The van der Waals surface area contributed by atoms with Crippen LogP contribution in [0, 0.1) is 0 Å². The Hall–Kier alpha value is -2.24. The molecule has 0 atom stereocenters. The molecule has 1 amide bonds. The summed E-state index contributed by atoms with van der Waals surface area (Å²) in [4.78, 5) is 24.7. The number of amides is 1. The number of carboxylic acid groups (broad SMARTS) is 1. The van der Waals surface area contributed by atoms with Crippen molar-refractivity contribution in [1.29, 1.82) is 0 Å². The van der Waals surface area contributed by atoms with Crippen molar-refractivity contribution >= 4 is 33.2 Å². The number of piperazine rings is 1. The lowest BCUT2D eigenvalue weighted by molar-refractivity contribution is -0.137. The van der Waals surface area contributed by atoms with E-state index in [4.69, 9.17) is 5.11 Å². The standard InChI is InChI=1S/C15H18N4O5S2/c20-13(21)3-4-18-11-12(10-16-18)15(22)17-5-7-19(8-6-17)26(23,24)14-2-1-9-25-14/h1-2,9-11H,3-8H2,(H,20,21). The smallest absolute Gasteiger partial charge is 0.305 e. The molecule has 3 rings (SSSR count). The number of sulfonamides is 1. The molecule has 1 fully saturated rings. The number of carbonyl (C=O) groups is 2. The number of thiophene rings is 1. The minimum atomic E-state index is -3.50. The Bertz CT molecular complexity index is 883. The summed E-state index contributed by atoms with van der Waals surface area (Å²) in [5.41, 5.74) is 0.366. The fraction of sp³-hybridized carbons (Fsp3) is 0.400. The molecule has 0 unspecified atom stereocenters. The largest absolute Gasteiger partial charge is 0.481 e. The summed E-state index contributed by atoms with van der Waals surface area (Å²) < 4.78 is 28.1. The third-order valence-electron chi connectivity index (χ3n) is 4.05. The number of aryl methyl sites for hydroxylation is 1. The predicted octanol–water partition coefficient (Wildman–Crippen LogP) is 0.566. The first-order chi connectivity index (χ1) is 12.4. The van der Waals surface area contributed by atoms with Gasteiger partial charge in [0.1, 0.15) is 4.21 Å². The summed E-state index contributed by atoms with van der Waals surface area (Å²) >= 11 is 1.17. The molecule has 140 valence electrons. The second kappa shape index (κ2) is 7.56. The molecule has 2 aromatic rings. The number of carbonyl (C=O) groups excluding carboxylic acids is 1. The summed E-state index contributed by atoms with van der Waals surface area (Å²) in [7, 11) is -3.50. The normalized spacial score (nSPS) is 15.9. The Balaban J connectivity index is 1.59. The van der Waals surface area contributed by atoms with Crippen molar-refractivity contribution in [3.05, 3.63) is 35.5 Å². The number of aliphatic carboxylic acids is 1. The highest BCUT2D eigenvalue weighted by Crippen LogP contribution is 2.22. The van der Waals surface area contributed by atoms with Crippen molar-refractivity contribution in [2.45, 2.75) is 17.2 Å². The fourth-order valence-corrected chi connectivity index (χ4v) is 5.22. The number of hydrogen-bond donors (Lipinski definition) is 1. The third-order valence-corrected chi connectivity index (χ3v) is 7.32. The van der Waals surface area contributed by atoms with Gasteiger partial charge in [-0.3, -0.25) is 14.3 Å². The van der Waals surface area contributed by atoms with E-state index in [1.807, 2.05) is 0 Å². The van der Waals surface area contributed by atoms with Gasteiger partial charge in [-0.05, 0) is 11.4 Å². The van der Waals surface area contributed by atoms with Crippen molar-refractivity contribution in [2.24, 2.45) is 0 Å². The lowest BCUT2D eigenvalue weighted by atomic mass is 10.2. The highest BCUT2D eigenvalue weighted by Gasteiger charge is 2.31. The quantitative estimate of drug-likeness (QED) is 0.761. The highest BCUT2D eigenvalue weighted by molar-refractivity contribution is 7.91. The van der Waals surface area contributed by atoms with Crippen LogP contribution in [0.1, 0.15) is 16.8 Å². The maximum atomic E-state index is 12.5. The maximum Gasteiger partial charge on any atom is 0.305 e. The fourth-order valence-electron chi connectivity index (χ4n) is 2.66. The molecule has 2 aromatic heterocycles. The van der Waals surface area contributed by atoms with E-state index in [9.17, 15) is 18.0 Å². The first-order valence-corrected chi connectivity index (χ1v) is 10.3. The number of hydrogen-bond acceptors (Lipinski definition) is 6. The Morgan fingerprint density at radius 3 is 2.58 bits per heavy atom. The summed E-state index contributed by atoms with van der Waals surface area (Å²) in [6.07, 6.45) is 2.84. The zero-order valence-corrected chi connectivity index (χ0v) is 15.4. The van der Waals surface area contributed by atoms with Gasteiger partial charge in [-0.1, -0.05) is 6.07 Å². The predicted molar refractivity (Wildman–Crippen MR) is 93.5 cm³/mol. The van der Waals surface area contributed by atoms with Crippen LogP contribution >= 0.6 is 11.3 Å². The van der Waals surface area contributed by atoms with Crippen LogP contribution in [0.4, 0.5) is 0 Å². The summed E-state index contributed by atoms with van der Waals surface area (Å²) in [5.74, 6) is -1.17. The first kappa shape index (κ1) is 18.5. The molecule has 1 aliphatic rings. The number of carboxylic acids is 1. The number of nitrogens with zero attached hydrogens (tertiary/aromatic N) is 4. The van der Waals surface area contributed by atoms with Crippen molar-refractivity contribution in [3.8, 4) is 0 Å². The van der Waals surface area contributed by atoms with Gasteiger partial charge in [-0.15, -0.1) is 11.3 Å². The molecule has 9 nitrogen and oxygen atoms in total. The number of aromatic nitrogens is 2. The molecule has 0 spiro atoms. The first-order valence-electron chi connectivity index (χ1n) is 7.95. The Labute approximate surface area is 154 Å². The molecular formula is C15H18N4O5S2. The maximum absolute atomic E-state index is 12.5. The Morgan fingerprint density at radius 1 is 1.23 bits per heavy atom. The third kappa shape index (κ3) is 3.94. The van der Waals surface area contributed by atoms with Crippen LogP contribution in [0.15, 0.2) is 34.1 Å². The van der Waals surface area contributed by atoms with E-state index in [0.29, 0.717) is 22.9 Å². The average Bonchev–Trinajstić information content (AvgIpc) is 3.31. The van der Waals surface area contributed by atoms with Crippen LogP contribution in [-0.4, -0.2) is 70.6 Å². The molecule has 0 aromatic carbocycles. The van der Waals surface area contributed by atoms with Gasteiger partial charge in [0.2, 0.25) is 0 Å². The number of rotatable bonds is 6. The minimum absolute atomic E-state index is 0.0748. The SMILES string of the molecule is O=C(O)CCn1cc(C(=O)N2CCN(S(=O)(=O)c3cccs3)CC2)cn1. The van der Waals surface area contributed by atoms with Crippen LogP contribution in [-0.2, 0) is 21.4 Å². The summed E-state index contributed by atoms with van der Waals surface area (Å²) in [5, 5.41) is 14.4. The van der Waals surface area contributed by atoms with Gasteiger partial charge in [0.15, 0.2) is 0 Å². The van der Waals surface area contributed by atoms with E-state index >= 15 is 0 Å². The van der Waals surface area contributed by atoms with Gasteiger partial charge in [0.25, 0.3) is 15.9 Å². The average molecular weight is 398 g/mol. The molecule has 26 heavy (non-hydrogen) atoms. The van der Waals surface area contributed by atoms with E-state index in [1.165, 1.54) is 32.7 Å². The topological polar surface area (TPSA) is 113 Å². The van der Waals surface area contributed by atoms with Crippen LogP contribution in [0.3, 0.4) is 0 Å². The molecule has 1 N–H and O–H groups in total. The van der Waals surface area contributed by atoms with Crippen LogP contribution in [0.2, 0.25) is 0 Å². The molecule has 11 heteroatoms. The summed E-state index contributed by atoms with van der Waals surface area (Å²) in [6, 6.07) is 3.27. The zero-order chi connectivity index (χ0) is 18.7. The van der Waals surface area contributed by atoms with Crippen LogP contribution in [0.25, 0.3) is 0 Å². The van der Waals surface area contributed by atoms with E-state index in [1.54, 1.807) is 22.4 Å². The van der Waals surface area contributed by atoms with Crippen molar-refractivity contribution in [2.75, 3.05) is 26.2 Å². The minimum Gasteiger partial charge on any atom is -0.481 e. The second-order valence-electron chi connectivity index (χ2n) is 5.76. The van der Waals surface area contributed by atoms with Gasteiger partial charge < -0.3 is 10.0 Å². The van der Waals surface area contributed by atoms with Gasteiger partial charge >= 0.3 is 5.97 Å². The molecule has 3 heterocycles. The summed E-state index contributed by atoms with van der Waals surface area (Å²) in [6.45, 7) is 1.25. The highest BCUT2D eigenvalue weighted by atomic mass is 32.2. The monoisotopic (exact) mass is 398 g/mol. The van der Waals surface area contributed by atoms with Gasteiger partial charge in [0, 0.05) is 32.4 Å². The molecule has 0 aliphatic carbocycles. The Morgan fingerprint density at radius 2 is 1.96 bits per heavy atom. The molecule has 0 saturated carbocycles. The van der Waals surface area contributed by atoms with E-state index < -0.39 is 16.0 Å². The van der Waals surface area contributed by atoms with Crippen molar-refractivity contribution in [3.63, 3.8) is 0 Å². The molecular weight excluding hydrogens is 380 g/mol. The van der Waals surface area contributed by atoms with E-state index in [2.05, 4.69) is 5.10 Å². The molecule has 1 saturated heterocycles.